The summed E-state index contributed by atoms with van der Waals surface area (Å²) in [6.45, 7) is 0.463. The second-order valence-corrected chi connectivity index (χ2v) is 5.90. The Morgan fingerprint density at radius 1 is 0.960 bits per heavy atom. The Bertz CT molecular complexity index is 855. The molecule has 1 aliphatic heterocycles. The molecule has 4 rings (SSSR count). The maximum atomic E-state index is 11.6. The number of anilines is 2. The zero-order valence-electron chi connectivity index (χ0n) is 13.8. The summed E-state index contributed by atoms with van der Waals surface area (Å²) in [7, 11) is 1.64. The molecule has 4 nitrogen and oxygen atoms in total. The van der Waals surface area contributed by atoms with E-state index in [9.17, 15) is 5.11 Å². The van der Waals surface area contributed by atoms with E-state index in [1.807, 2.05) is 83.9 Å². The maximum Gasteiger partial charge on any atom is 0.284 e. The number of aromatic nitrogens is 1. The molecule has 1 atom stereocenters. The lowest BCUT2D eigenvalue weighted by atomic mass is 10.0. The molecule has 1 N–H and O–H groups in total. The van der Waals surface area contributed by atoms with Crippen molar-refractivity contribution >= 4 is 11.5 Å². The van der Waals surface area contributed by atoms with E-state index in [4.69, 9.17) is 4.74 Å². The summed E-state index contributed by atoms with van der Waals surface area (Å²) in [6.07, 6.45) is 1.99. The molecule has 0 saturated carbocycles. The fourth-order valence-corrected chi connectivity index (χ4v) is 3.30. The molecule has 1 unspecified atom stereocenters. The lowest BCUT2D eigenvalue weighted by Gasteiger charge is -2.27. The van der Waals surface area contributed by atoms with Crippen LogP contribution in [0.1, 0.15) is 5.56 Å². The average molecular weight is 399 g/mol. The van der Waals surface area contributed by atoms with Crippen LogP contribution in [-0.4, -0.2) is 12.2 Å². The number of hydrogen-bond acceptors (Lipinski definition) is 3. The maximum absolute atomic E-state index is 11.6. The van der Waals surface area contributed by atoms with Gasteiger partial charge in [-0.05, 0) is 42.5 Å². The van der Waals surface area contributed by atoms with Gasteiger partial charge in [-0.2, -0.15) is 4.90 Å². The summed E-state index contributed by atoms with van der Waals surface area (Å²) in [5.74, 6) is 1.73. The van der Waals surface area contributed by atoms with Crippen molar-refractivity contribution in [1.29, 1.82) is 0 Å². The van der Waals surface area contributed by atoms with Crippen molar-refractivity contribution < 1.29 is 31.4 Å². The fraction of sp³-hybridized carbons (Fsp3) is 0.150. The summed E-state index contributed by atoms with van der Waals surface area (Å²) in [5.41, 5.74) is 0.631. The first kappa shape index (κ1) is 17.5. The van der Waals surface area contributed by atoms with Gasteiger partial charge in [0, 0.05) is 11.6 Å². The van der Waals surface area contributed by atoms with E-state index in [2.05, 4.69) is 4.57 Å². The van der Waals surface area contributed by atoms with E-state index in [0.717, 1.165) is 22.8 Å². The Kier molecular flexibility index (Phi) is 4.79. The molecule has 0 fully saturated rings. The molecule has 5 heteroatoms. The van der Waals surface area contributed by atoms with Crippen molar-refractivity contribution in [2.24, 2.45) is 0 Å². The first-order valence-electron chi connectivity index (χ1n) is 7.93. The molecular weight excluding hydrogens is 380 g/mol. The number of benzene rings is 2. The van der Waals surface area contributed by atoms with Gasteiger partial charge in [0.15, 0.2) is 6.54 Å². The zero-order chi connectivity index (χ0) is 16.6. The molecule has 0 radical (unpaired) electrons. The monoisotopic (exact) mass is 398 g/mol. The molecule has 0 bridgehead atoms. The van der Waals surface area contributed by atoms with Crippen LogP contribution in [0.5, 0.6) is 5.75 Å². The zero-order valence-corrected chi connectivity index (χ0v) is 15.4. The normalized spacial score (nSPS) is 18.4. The van der Waals surface area contributed by atoms with Crippen LogP contribution < -0.4 is 31.2 Å². The third-order valence-electron chi connectivity index (χ3n) is 4.47. The molecule has 1 aliphatic rings. The molecule has 0 saturated heterocycles. The van der Waals surface area contributed by atoms with Gasteiger partial charge in [-0.3, -0.25) is 0 Å². The number of halogens is 1. The smallest absolute Gasteiger partial charge is 0.284 e. The van der Waals surface area contributed by atoms with E-state index < -0.39 is 5.72 Å². The second-order valence-electron chi connectivity index (χ2n) is 5.90. The number of fused-ring (bicyclic) bond motifs is 1. The Labute approximate surface area is 157 Å². The lowest BCUT2D eigenvalue weighted by Crippen LogP contribution is -3.00. The standard InChI is InChI=1S/C20H19N2O2.BrH/c1-24-18-12-10-16(11-13-18)20(23)15-21-14-6-5-9-19(21)22(20)17-7-3-2-4-8-17;/h2-14,23H,15H2,1H3;1H/q+1;/p-1. The van der Waals surface area contributed by atoms with Gasteiger partial charge < -0.3 is 26.8 Å². The highest BCUT2D eigenvalue weighted by Gasteiger charge is 2.52. The molecule has 2 heterocycles. The molecule has 0 aliphatic carbocycles. The number of pyridine rings is 1. The van der Waals surface area contributed by atoms with Gasteiger partial charge in [0.05, 0.1) is 13.3 Å². The van der Waals surface area contributed by atoms with Gasteiger partial charge in [-0.15, -0.1) is 0 Å². The van der Waals surface area contributed by atoms with E-state index in [-0.39, 0.29) is 17.0 Å². The van der Waals surface area contributed by atoms with E-state index in [1.54, 1.807) is 7.11 Å². The number of ether oxygens (including phenoxy) is 1. The molecule has 2 aromatic carbocycles. The Hall–Kier alpha value is -2.37. The third kappa shape index (κ3) is 2.90. The Morgan fingerprint density at radius 2 is 1.64 bits per heavy atom. The molecule has 0 amide bonds. The summed E-state index contributed by atoms with van der Waals surface area (Å²) >= 11 is 0. The van der Waals surface area contributed by atoms with Crippen molar-refractivity contribution in [1.82, 2.24) is 0 Å². The molecule has 0 spiro atoms. The van der Waals surface area contributed by atoms with Gasteiger partial charge in [0.1, 0.15) is 11.4 Å². The van der Waals surface area contributed by atoms with Crippen LogP contribution in [0.4, 0.5) is 11.5 Å². The van der Waals surface area contributed by atoms with Crippen molar-refractivity contribution in [3.8, 4) is 5.75 Å². The van der Waals surface area contributed by atoms with Crippen LogP contribution in [0.2, 0.25) is 0 Å². The predicted octanol–water partition coefficient (Wildman–Crippen LogP) is -0.0163. The topological polar surface area (TPSA) is 36.6 Å². The highest BCUT2D eigenvalue weighted by Crippen LogP contribution is 2.41. The van der Waals surface area contributed by atoms with Crippen LogP contribution in [0.25, 0.3) is 0 Å². The minimum Gasteiger partial charge on any atom is -1.00 e. The van der Waals surface area contributed by atoms with Gasteiger partial charge in [-0.1, -0.05) is 24.3 Å². The Balaban J connectivity index is 0.00000182. The van der Waals surface area contributed by atoms with Crippen LogP contribution in [0.15, 0.2) is 79.0 Å². The number of para-hydroxylation sites is 1. The number of aliphatic hydroxyl groups is 1. The predicted molar refractivity (Wildman–Crippen MR) is 92.1 cm³/mol. The summed E-state index contributed by atoms with van der Waals surface area (Å²) in [4.78, 5) is 1.98. The van der Waals surface area contributed by atoms with Crippen molar-refractivity contribution in [2.45, 2.75) is 12.3 Å². The highest BCUT2D eigenvalue weighted by molar-refractivity contribution is 5.62. The fourth-order valence-electron chi connectivity index (χ4n) is 3.30. The largest absolute Gasteiger partial charge is 1.00 e. The highest BCUT2D eigenvalue weighted by atomic mass is 79.9. The van der Waals surface area contributed by atoms with E-state index >= 15 is 0 Å². The van der Waals surface area contributed by atoms with E-state index in [0.29, 0.717) is 6.54 Å². The van der Waals surface area contributed by atoms with Gasteiger partial charge in [0.2, 0.25) is 0 Å². The number of nitrogens with zero attached hydrogens (tertiary/aromatic N) is 2. The van der Waals surface area contributed by atoms with Crippen LogP contribution in [-0.2, 0) is 12.3 Å². The number of methoxy groups -OCH3 is 1. The van der Waals surface area contributed by atoms with Crippen molar-refractivity contribution in [2.75, 3.05) is 12.0 Å². The second kappa shape index (κ2) is 6.86. The molecule has 25 heavy (non-hydrogen) atoms. The third-order valence-corrected chi connectivity index (χ3v) is 4.47. The first-order valence-corrected chi connectivity index (χ1v) is 7.93. The van der Waals surface area contributed by atoms with Gasteiger partial charge in [0.25, 0.3) is 11.5 Å². The van der Waals surface area contributed by atoms with Crippen LogP contribution >= 0.6 is 0 Å². The summed E-state index contributed by atoms with van der Waals surface area (Å²) in [6, 6.07) is 23.5. The van der Waals surface area contributed by atoms with E-state index in [1.165, 1.54) is 0 Å². The quantitative estimate of drug-likeness (QED) is 0.630. The van der Waals surface area contributed by atoms with Crippen LogP contribution in [0, 0.1) is 0 Å². The van der Waals surface area contributed by atoms with Crippen LogP contribution in [0.3, 0.4) is 0 Å². The molecule has 1 aromatic heterocycles. The SMILES string of the molecule is COc1ccc(C2(O)C[n+]3ccccc3N2c2ccccc2)cc1.[Br-]. The summed E-state index contributed by atoms with van der Waals surface area (Å²) < 4.78 is 7.30. The summed E-state index contributed by atoms with van der Waals surface area (Å²) in [5, 5.41) is 11.6. The average Bonchev–Trinajstić information content (AvgIpc) is 2.95. The lowest BCUT2D eigenvalue weighted by molar-refractivity contribution is -0.683. The van der Waals surface area contributed by atoms with Crippen molar-refractivity contribution in [3.05, 3.63) is 84.6 Å². The first-order chi connectivity index (χ1) is 11.7. The molecular formula is C20H19BrN2O2. The molecule has 128 valence electrons. The van der Waals surface area contributed by atoms with Gasteiger partial charge in [-0.25, -0.2) is 4.57 Å². The minimum absolute atomic E-state index is 0. The molecule has 3 aromatic rings. The van der Waals surface area contributed by atoms with Crippen molar-refractivity contribution in [3.63, 3.8) is 0 Å². The number of rotatable bonds is 3. The number of hydrogen-bond donors (Lipinski definition) is 1. The minimum atomic E-state index is -1.15. The van der Waals surface area contributed by atoms with Gasteiger partial charge >= 0.3 is 0 Å². The Morgan fingerprint density at radius 3 is 2.32 bits per heavy atom.